The van der Waals surface area contributed by atoms with Gasteiger partial charge in [-0.15, -0.1) is 0 Å². The molecule has 0 spiro atoms. The van der Waals surface area contributed by atoms with Crippen molar-refractivity contribution in [1.29, 1.82) is 5.26 Å². The van der Waals surface area contributed by atoms with Crippen molar-refractivity contribution >= 4 is 0 Å². The monoisotopic (exact) mass is 194 g/mol. The molecule has 0 aliphatic heterocycles. The zero-order chi connectivity index (χ0) is 10.4. The SMILES string of the molecule is CCCN(CC#N)C1CCCC(C)C1. The predicted octanol–water partition coefficient (Wildman–Crippen LogP) is 2.80. The Hall–Kier alpha value is -0.550. The molecule has 1 fully saturated rings. The van der Waals surface area contributed by atoms with Crippen molar-refractivity contribution in [3.8, 4) is 6.07 Å². The van der Waals surface area contributed by atoms with Crippen molar-refractivity contribution in [3.63, 3.8) is 0 Å². The zero-order valence-corrected chi connectivity index (χ0v) is 9.50. The zero-order valence-electron chi connectivity index (χ0n) is 9.50. The van der Waals surface area contributed by atoms with Crippen LogP contribution in [0.2, 0.25) is 0 Å². The summed E-state index contributed by atoms with van der Waals surface area (Å²) >= 11 is 0. The Morgan fingerprint density at radius 2 is 2.21 bits per heavy atom. The van der Waals surface area contributed by atoms with E-state index in [1.54, 1.807) is 0 Å². The van der Waals surface area contributed by atoms with E-state index < -0.39 is 0 Å². The third-order valence-electron chi connectivity index (χ3n) is 3.21. The average Bonchev–Trinajstić information content (AvgIpc) is 2.17. The molecular weight excluding hydrogens is 172 g/mol. The minimum Gasteiger partial charge on any atom is -0.288 e. The molecule has 2 atom stereocenters. The number of nitrogens with zero attached hydrogens (tertiary/aromatic N) is 2. The molecule has 0 aromatic heterocycles. The van der Waals surface area contributed by atoms with Crippen LogP contribution in [0.1, 0.15) is 46.0 Å². The summed E-state index contributed by atoms with van der Waals surface area (Å²) in [6.07, 6.45) is 6.47. The van der Waals surface area contributed by atoms with E-state index in [4.69, 9.17) is 5.26 Å². The fourth-order valence-electron chi connectivity index (χ4n) is 2.50. The van der Waals surface area contributed by atoms with E-state index in [2.05, 4.69) is 24.8 Å². The quantitative estimate of drug-likeness (QED) is 0.643. The first-order chi connectivity index (χ1) is 6.77. The summed E-state index contributed by atoms with van der Waals surface area (Å²) in [5.41, 5.74) is 0. The maximum Gasteiger partial charge on any atom is 0.0868 e. The highest BCUT2D eigenvalue weighted by Crippen LogP contribution is 2.27. The summed E-state index contributed by atoms with van der Waals surface area (Å²) in [5.74, 6) is 0.854. The highest BCUT2D eigenvalue weighted by Gasteiger charge is 2.23. The maximum atomic E-state index is 8.77. The largest absolute Gasteiger partial charge is 0.288 e. The van der Waals surface area contributed by atoms with Crippen LogP contribution in [0.5, 0.6) is 0 Å². The second-order valence-electron chi connectivity index (χ2n) is 4.55. The minimum absolute atomic E-state index is 0.616. The molecule has 0 heterocycles. The summed E-state index contributed by atoms with van der Waals surface area (Å²) in [4.78, 5) is 2.37. The van der Waals surface area contributed by atoms with E-state index in [1.807, 2.05) is 0 Å². The molecule has 0 aromatic carbocycles. The van der Waals surface area contributed by atoms with Crippen molar-refractivity contribution in [2.45, 2.75) is 52.0 Å². The lowest BCUT2D eigenvalue weighted by Gasteiger charge is -2.35. The molecule has 2 nitrogen and oxygen atoms in total. The van der Waals surface area contributed by atoms with E-state index in [1.165, 1.54) is 25.7 Å². The van der Waals surface area contributed by atoms with Crippen LogP contribution in [-0.4, -0.2) is 24.0 Å². The third-order valence-corrected chi connectivity index (χ3v) is 3.21. The van der Waals surface area contributed by atoms with Crippen LogP contribution >= 0.6 is 0 Å². The second kappa shape index (κ2) is 6.03. The molecule has 1 saturated carbocycles. The average molecular weight is 194 g/mol. The smallest absolute Gasteiger partial charge is 0.0868 e. The summed E-state index contributed by atoms with van der Waals surface area (Å²) in [7, 11) is 0. The molecule has 0 N–H and O–H groups in total. The Morgan fingerprint density at radius 3 is 2.79 bits per heavy atom. The van der Waals surface area contributed by atoms with Gasteiger partial charge < -0.3 is 0 Å². The molecule has 0 radical (unpaired) electrons. The Kier molecular flexibility index (Phi) is 4.97. The topological polar surface area (TPSA) is 27.0 Å². The Labute approximate surface area is 87.9 Å². The summed E-state index contributed by atoms with van der Waals surface area (Å²) in [6.45, 7) is 6.23. The predicted molar refractivity (Wildman–Crippen MR) is 58.9 cm³/mol. The van der Waals surface area contributed by atoms with Crippen LogP contribution in [0.4, 0.5) is 0 Å². The normalized spacial score (nSPS) is 27.6. The molecular formula is C12H22N2. The number of hydrogen-bond donors (Lipinski definition) is 0. The fourth-order valence-corrected chi connectivity index (χ4v) is 2.50. The summed E-state index contributed by atoms with van der Waals surface area (Å²) < 4.78 is 0. The Morgan fingerprint density at radius 1 is 1.43 bits per heavy atom. The summed E-state index contributed by atoms with van der Waals surface area (Å²) in [5, 5.41) is 8.77. The standard InChI is InChI=1S/C12H22N2/c1-3-8-14(9-7-13)12-6-4-5-11(2)10-12/h11-12H,3-6,8-10H2,1-2H3. The number of hydrogen-bond acceptors (Lipinski definition) is 2. The fraction of sp³-hybridized carbons (Fsp3) is 0.917. The van der Waals surface area contributed by atoms with Gasteiger partial charge in [0.15, 0.2) is 0 Å². The molecule has 0 saturated heterocycles. The number of nitriles is 1. The summed E-state index contributed by atoms with van der Waals surface area (Å²) in [6, 6.07) is 2.97. The van der Waals surface area contributed by atoms with Gasteiger partial charge in [-0.1, -0.05) is 26.7 Å². The first-order valence-corrected chi connectivity index (χ1v) is 5.89. The lowest BCUT2D eigenvalue weighted by Crippen LogP contribution is -2.39. The van der Waals surface area contributed by atoms with Crippen LogP contribution in [0.25, 0.3) is 0 Å². The van der Waals surface area contributed by atoms with Gasteiger partial charge in [-0.25, -0.2) is 0 Å². The van der Waals surface area contributed by atoms with E-state index in [0.29, 0.717) is 12.6 Å². The van der Waals surface area contributed by atoms with Gasteiger partial charge in [0.1, 0.15) is 0 Å². The molecule has 1 aliphatic rings. The Bertz CT molecular complexity index is 195. The number of rotatable bonds is 4. The molecule has 0 bridgehead atoms. The van der Waals surface area contributed by atoms with Crippen molar-refractivity contribution < 1.29 is 0 Å². The van der Waals surface area contributed by atoms with Crippen LogP contribution in [0, 0.1) is 17.2 Å². The van der Waals surface area contributed by atoms with Crippen molar-refractivity contribution in [2.75, 3.05) is 13.1 Å². The lowest BCUT2D eigenvalue weighted by molar-refractivity contribution is 0.149. The van der Waals surface area contributed by atoms with Gasteiger partial charge in [-0.2, -0.15) is 5.26 Å². The minimum atomic E-state index is 0.616. The van der Waals surface area contributed by atoms with Gasteiger partial charge in [0.2, 0.25) is 0 Å². The molecule has 2 heteroatoms. The van der Waals surface area contributed by atoms with E-state index in [9.17, 15) is 0 Å². The van der Waals surface area contributed by atoms with Gasteiger partial charge in [-0.05, 0) is 31.7 Å². The van der Waals surface area contributed by atoms with Gasteiger partial charge >= 0.3 is 0 Å². The molecule has 1 aliphatic carbocycles. The van der Waals surface area contributed by atoms with Crippen molar-refractivity contribution in [2.24, 2.45) is 5.92 Å². The first-order valence-electron chi connectivity index (χ1n) is 5.89. The molecule has 1 rings (SSSR count). The highest BCUT2D eigenvalue weighted by atomic mass is 15.1. The van der Waals surface area contributed by atoms with Crippen LogP contribution in [0.3, 0.4) is 0 Å². The second-order valence-corrected chi connectivity index (χ2v) is 4.55. The van der Waals surface area contributed by atoms with Gasteiger partial charge in [0.05, 0.1) is 12.6 Å². The van der Waals surface area contributed by atoms with Crippen molar-refractivity contribution in [1.82, 2.24) is 4.90 Å². The van der Waals surface area contributed by atoms with Crippen LogP contribution in [0.15, 0.2) is 0 Å². The van der Waals surface area contributed by atoms with Gasteiger partial charge in [-0.3, -0.25) is 4.90 Å². The molecule has 0 amide bonds. The van der Waals surface area contributed by atoms with Crippen LogP contribution in [-0.2, 0) is 0 Å². The highest BCUT2D eigenvalue weighted by molar-refractivity contribution is 4.84. The van der Waals surface area contributed by atoms with Gasteiger partial charge in [0, 0.05) is 6.04 Å². The molecule has 2 unspecified atom stereocenters. The maximum absolute atomic E-state index is 8.77. The van der Waals surface area contributed by atoms with E-state index in [0.717, 1.165) is 18.9 Å². The first kappa shape index (κ1) is 11.5. The lowest BCUT2D eigenvalue weighted by atomic mass is 9.86. The van der Waals surface area contributed by atoms with Gasteiger partial charge in [0.25, 0.3) is 0 Å². The van der Waals surface area contributed by atoms with E-state index >= 15 is 0 Å². The molecule has 80 valence electrons. The molecule has 0 aromatic rings. The van der Waals surface area contributed by atoms with Crippen molar-refractivity contribution in [3.05, 3.63) is 0 Å². The third kappa shape index (κ3) is 3.31. The molecule has 14 heavy (non-hydrogen) atoms. The Balaban J connectivity index is 2.45. The van der Waals surface area contributed by atoms with E-state index in [-0.39, 0.29) is 0 Å². The van der Waals surface area contributed by atoms with Crippen LogP contribution < -0.4 is 0 Å².